The van der Waals surface area contributed by atoms with E-state index >= 15 is 0 Å². The summed E-state index contributed by atoms with van der Waals surface area (Å²) < 4.78 is 0. The minimum Gasteiger partial charge on any atom is -0.382 e. The Balaban J connectivity index is 2.58. The summed E-state index contributed by atoms with van der Waals surface area (Å²) in [5, 5.41) is 10.9. The number of aromatic amines is 1. The Hall–Kier alpha value is -1.91. The molecule has 1 aromatic heterocycles. The highest BCUT2D eigenvalue weighted by Gasteiger charge is 2.01. The molecule has 0 aliphatic carbocycles. The molecule has 0 aliphatic heterocycles. The van der Waals surface area contributed by atoms with Crippen molar-refractivity contribution in [2.24, 2.45) is 5.11 Å². The zero-order chi connectivity index (χ0) is 9.26. The van der Waals surface area contributed by atoms with Crippen LogP contribution in [0.3, 0.4) is 0 Å². The predicted octanol–water partition coefficient (Wildman–Crippen LogP) is 1.68. The summed E-state index contributed by atoms with van der Waals surface area (Å²) in [4.78, 5) is 0. The van der Waals surface area contributed by atoms with Gasteiger partial charge >= 0.3 is 0 Å². The average molecular weight is 175 g/mol. The van der Waals surface area contributed by atoms with Crippen LogP contribution in [-0.4, -0.2) is 10.2 Å². The van der Waals surface area contributed by atoms with Gasteiger partial charge < -0.3 is 5.73 Å². The van der Waals surface area contributed by atoms with Crippen molar-refractivity contribution in [2.45, 2.75) is 6.54 Å². The highest BCUT2D eigenvalue weighted by molar-refractivity contribution is 5.88. The molecular formula is C8H9N5. The van der Waals surface area contributed by atoms with Gasteiger partial charge in [-0.25, -0.2) is 5.53 Å². The molecule has 0 atom stereocenters. The first-order valence-electron chi connectivity index (χ1n) is 3.87. The second-order valence-electron chi connectivity index (χ2n) is 2.81. The lowest BCUT2D eigenvalue weighted by Gasteiger charge is -1.95. The number of nitrogen functional groups attached to an aromatic ring is 1. The van der Waals surface area contributed by atoms with Crippen LogP contribution in [0, 0.1) is 5.53 Å². The maximum absolute atomic E-state index is 6.74. The summed E-state index contributed by atoms with van der Waals surface area (Å²) in [7, 11) is 0. The van der Waals surface area contributed by atoms with Crippen LogP contribution in [0.5, 0.6) is 0 Å². The fourth-order valence-electron chi connectivity index (χ4n) is 1.27. The first-order valence-corrected chi connectivity index (χ1v) is 3.87. The summed E-state index contributed by atoms with van der Waals surface area (Å²) in [5.41, 5.74) is 14.2. The molecule has 4 N–H and O–H groups in total. The van der Waals surface area contributed by atoms with E-state index in [1.807, 2.05) is 18.2 Å². The summed E-state index contributed by atoms with van der Waals surface area (Å²) in [6.45, 7) is 0.389. The van der Waals surface area contributed by atoms with E-state index in [1.54, 1.807) is 0 Å². The zero-order valence-corrected chi connectivity index (χ0v) is 6.91. The Kier molecular flexibility index (Phi) is 1.70. The number of hydrogen-bond donors (Lipinski definition) is 3. The van der Waals surface area contributed by atoms with E-state index in [2.05, 4.69) is 15.3 Å². The highest BCUT2D eigenvalue weighted by atomic mass is 15.1. The van der Waals surface area contributed by atoms with Crippen molar-refractivity contribution in [3.63, 3.8) is 0 Å². The third-order valence-corrected chi connectivity index (χ3v) is 1.92. The number of benzene rings is 1. The summed E-state index contributed by atoms with van der Waals surface area (Å²) >= 11 is 0. The third-order valence-electron chi connectivity index (χ3n) is 1.92. The first kappa shape index (κ1) is 7.72. The van der Waals surface area contributed by atoms with Crippen molar-refractivity contribution >= 4 is 16.7 Å². The lowest BCUT2D eigenvalue weighted by Crippen LogP contribution is -1.85. The molecule has 0 unspecified atom stereocenters. The predicted molar refractivity (Wildman–Crippen MR) is 49.4 cm³/mol. The molecule has 0 fully saturated rings. The molecular weight excluding hydrogens is 166 g/mol. The van der Waals surface area contributed by atoms with Crippen molar-refractivity contribution in [3.05, 3.63) is 23.8 Å². The summed E-state index contributed by atoms with van der Waals surface area (Å²) in [6.07, 6.45) is 0. The SMILES string of the molecule is N=NCc1ccc2[nH]nc(N)c2c1. The van der Waals surface area contributed by atoms with Crippen molar-refractivity contribution in [2.75, 3.05) is 5.73 Å². The van der Waals surface area contributed by atoms with Gasteiger partial charge in [0.2, 0.25) is 0 Å². The molecule has 0 bridgehead atoms. The minimum atomic E-state index is 0.389. The molecule has 13 heavy (non-hydrogen) atoms. The van der Waals surface area contributed by atoms with E-state index in [0.717, 1.165) is 16.5 Å². The smallest absolute Gasteiger partial charge is 0.153 e. The van der Waals surface area contributed by atoms with Gasteiger partial charge in [0.25, 0.3) is 0 Å². The van der Waals surface area contributed by atoms with Crippen LogP contribution in [0.4, 0.5) is 5.82 Å². The fraction of sp³-hybridized carbons (Fsp3) is 0.125. The van der Waals surface area contributed by atoms with Crippen molar-refractivity contribution in [3.8, 4) is 0 Å². The van der Waals surface area contributed by atoms with Crippen LogP contribution in [-0.2, 0) is 6.54 Å². The normalized spacial score (nSPS) is 10.5. The number of fused-ring (bicyclic) bond motifs is 1. The molecule has 0 radical (unpaired) electrons. The molecule has 0 amide bonds. The molecule has 0 aliphatic rings. The van der Waals surface area contributed by atoms with E-state index in [9.17, 15) is 0 Å². The average Bonchev–Trinajstić information content (AvgIpc) is 2.49. The van der Waals surface area contributed by atoms with E-state index in [-0.39, 0.29) is 0 Å². The van der Waals surface area contributed by atoms with Crippen molar-refractivity contribution < 1.29 is 0 Å². The molecule has 0 saturated carbocycles. The minimum absolute atomic E-state index is 0.389. The van der Waals surface area contributed by atoms with Gasteiger partial charge in [0.15, 0.2) is 5.82 Å². The Bertz CT molecular complexity index is 445. The maximum atomic E-state index is 6.74. The lowest BCUT2D eigenvalue weighted by molar-refractivity contribution is 0.909. The summed E-state index contributed by atoms with van der Waals surface area (Å²) in [6, 6.07) is 5.68. The third kappa shape index (κ3) is 1.24. The van der Waals surface area contributed by atoms with Crippen LogP contribution >= 0.6 is 0 Å². The van der Waals surface area contributed by atoms with Crippen molar-refractivity contribution in [1.82, 2.24) is 10.2 Å². The van der Waals surface area contributed by atoms with Crippen LogP contribution < -0.4 is 5.73 Å². The van der Waals surface area contributed by atoms with Crippen LogP contribution in [0.15, 0.2) is 23.3 Å². The second kappa shape index (κ2) is 2.85. The molecule has 1 aromatic carbocycles. The number of hydrogen-bond acceptors (Lipinski definition) is 4. The van der Waals surface area contributed by atoms with Gasteiger partial charge in [0.05, 0.1) is 12.1 Å². The monoisotopic (exact) mass is 175 g/mol. The Morgan fingerprint density at radius 3 is 3.15 bits per heavy atom. The number of anilines is 1. The van der Waals surface area contributed by atoms with Crippen molar-refractivity contribution in [1.29, 1.82) is 5.53 Å². The Morgan fingerprint density at radius 2 is 2.38 bits per heavy atom. The molecule has 0 saturated heterocycles. The van der Waals surface area contributed by atoms with Gasteiger partial charge in [-0.3, -0.25) is 5.10 Å². The molecule has 5 heteroatoms. The van der Waals surface area contributed by atoms with E-state index in [1.165, 1.54) is 0 Å². The standard InChI is InChI=1S/C8H9N5/c9-8-6-3-5(4-11-10)1-2-7(6)12-13-8/h1-3,10H,4H2,(H3,9,12,13). The van der Waals surface area contributed by atoms with E-state index < -0.39 is 0 Å². The largest absolute Gasteiger partial charge is 0.382 e. The van der Waals surface area contributed by atoms with Gasteiger partial charge in [0, 0.05) is 5.39 Å². The molecule has 5 nitrogen and oxygen atoms in total. The van der Waals surface area contributed by atoms with Gasteiger partial charge in [-0.15, -0.1) is 0 Å². The zero-order valence-electron chi connectivity index (χ0n) is 6.91. The number of nitrogens with one attached hydrogen (secondary N) is 2. The van der Waals surface area contributed by atoms with E-state index in [0.29, 0.717) is 12.4 Å². The number of rotatable bonds is 2. The first-order chi connectivity index (χ1) is 6.31. The molecule has 66 valence electrons. The number of aromatic nitrogens is 2. The number of H-pyrrole nitrogens is 1. The summed E-state index contributed by atoms with van der Waals surface area (Å²) in [5.74, 6) is 0.488. The van der Waals surface area contributed by atoms with Crippen LogP contribution in [0.2, 0.25) is 0 Å². The molecule has 2 rings (SSSR count). The number of nitrogens with two attached hydrogens (primary N) is 1. The van der Waals surface area contributed by atoms with Crippen LogP contribution in [0.1, 0.15) is 5.56 Å². The second-order valence-corrected chi connectivity index (χ2v) is 2.81. The van der Waals surface area contributed by atoms with E-state index in [4.69, 9.17) is 11.3 Å². The Morgan fingerprint density at radius 1 is 1.54 bits per heavy atom. The maximum Gasteiger partial charge on any atom is 0.153 e. The quantitative estimate of drug-likeness (QED) is 0.606. The molecule has 1 heterocycles. The molecule has 2 aromatic rings. The lowest BCUT2D eigenvalue weighted by atomic mass is 10.1. The van der Waals surface area contributed by atoms with Crippen LogP contribution in [0.25, 0.3) is 10.9 Å². The highest BCUT2D eigenvalue weighted by Crippen LogP contribution is 2.19. The fourth-order valence-corrected chi connectivity index (χ4v) is 1.27. The van der Waals surface area contributed by atoms with Gasteiger partial charge in [0.1, 0.15) is 0 Å². The Labute approximate surface area is 74.5 Å². The van der Waals surface area contributed by atoms with Gasteiger partial charge in [-0.2, -0.15) is 10.2 Å². The molecule has 0 spiro atoms. The number of nitrogens with zero attached hydrogens (tertiary/aromatic N) is 2. The van der Waals surface area contributed by atoms with Gasteiger partial charge in [-0.05, 0) is 17.7 Å². The topological polar surface area (TPSA) is 90.9 Å². The van der Waals surface area contributed by atoms with Gasteiger partial charge in [-0.1, -0.05) is 6.07 Å².